The minimum Gasteiger partial charge on any atom is -0.394 e. The van der Waals surface area contributed by atoms with Gasteiger partial charge in [-0.25, -0.2) is 4.57 Å². The molecule has 1 amide bonds. The number of amides is 1. The van der Waals surface area contributed by atoms with Crippen molar-refractivity contribution in [3.8, 4) is 0 Å². The van der Waals surface area contributed by atoms with Crippen LogP contribution >= 0.6 is 0 Å². The molecule has 2 rings (SSSR count). The molecule has 0 aliphatic rings. The largest absolute Gasteiger partial charge is 0.394 e. The topological polar surface area (TPSA) is 73.4 Å². The van der Waals surface area contributed by atoms with E-state index in [0.717, 1.165) is 19.4 Å². The summed E-state index contributed by atoms with van der Waals surface area (Å²) in [5.74, 6) is -0.101. The minimum absolute atomic E-state index is 0.101. The van der Waals surface area contributed by atoms with Gasteiger partial charge in [-0.1, -0.05) is 94.2 Å². The van der Waals surface area contributed by atoms with Crippen molar-refractivity contribution in [2.45, 2.75) is 102 Å². The van der Waals surface area contributed by atoms with Gasteiger partial charge in [-0.15, -0.1) is 0 Å². The van der Waals surface area contributed by atoms with E-state index < -0.39 is 12.1 Å². The van der Waals surface area contributed by atoms with Gasteiger partial charge >= 0.3 is 0 Å². The molecule has 0 bridgehead atoms. The van der Waals surface area contributed by atoms with Gasteiger partial charge in [0.05, 0.1) is 12.6 Å². The normalized spacial score (nSPS) is 12.9. The molecule has 5 nitrogen and oxygen atoms in total. The molecule has 34 heavy (non-hydrogen) atoms. The summed E-state index contributed by atoms with van der Waals surface area (Å²) >= 11 is 0. The van der Waals surface area contributed by atoms with Gasteiger partial charge in [0.2, 0.25) is 5.91 Å². The second-order valence-electron chi connectivity index (χ2n) is 9.32. The molecule has 0 aliphatic heterocycles. The molecule has 2 aromatic rings. The lowest BCUT2D eigenvalue weighted by Crippen LogP contribution is -2.41. The first-order chi connectivity index (χ1) is 16.7. The Balaban J connectivity index is 1.37. The molecular weight excluding hydrogens is 424 g/mol. The van der Waals surface area contributed by atoms with Crippen LogP contribution in [0, 0.1) is 0 Å². The Bertz CT molecular complexity index is 754. The van der Waals surface area contributed by atoms with Gasteiger partial charge in [-0.3, -0.25) is 4.79 Å². The molecule has 0 aliphatic carbocycles. The van der Waals surface area contributed by atoms with Crippen molar-refractivity contribution in [2.75, 3.05) is 6.61 Å². The van der Waals surface area contributed by atoms with Crippen LogP contribution in [0.4, 0.5) is 0 Å². The predicted molar refractivity (Wildman–Crippen MR) is 137 cm³/mol. The SMILES string of the molecule is O=C(CCCCCCCCCCCCCC[n+]1ccccc1)N[C@H](CO)[C@@H](O)c1ccccc1. The maximum absolute atomic E-state index is 12.2. The Morgan fingerprint density at radius 2 is 1.24 bits per heavy atom. The van der Waals surface area contributed by atoms with Crippen LogP contribution in [-0.2, 0) is 11.3 Å². The number of benzene rings is 1. The third-order valence-electron chi connectivity index (χ3n) is 6.41. The molecule has 0 spiro atoms. The Morgan fingerprint density at radius 3 is 1.79 bits per heavy atom. The number of carbonyl (C=O) groups excluding carboxylic acids is 1. The zero-order chi connectivity index (χ0) is 24.3. The summed E-state index contributed by atoms with van der Waals surface area (Å²) in [4.78, 5) is 12.2. The zero-order valence-electron chi connectivity index (χ0n) is 20.8. The Morgan fingerprint density at radius 1 is 0.735 bits per heavy atom. The summed E-state index contributed by atoms with van der Waals surface area (Å²) < 4.78 is 2.26. The molecule has 1 aromatic heterocycles. The Hall–Kier alpha value is -2.24. The van der Waals surface area contributed by atoms with E-state index in [9.17, 15) is 15.0 Å². The van der Waals surface area contributed by atoms with Crippen molar-refractivity contribution in [3.05, 3.63) is 66.5 Å². The van der Waals surface area contributed by atoms with Gasteiger partial charge in [-0.05, 0) is 18.4 Å². The zero-order valence-corrected chi connectivity index (χ0v) is 20.8. The lowest BCUT2D eigenvalue weighted by Gasteiger charge is -2.22. The smallest absolute Gasteiger partial charge is 0.220 e. The summed E-state index contributed by atoms with van der Waals surface area (Å²) in [5, 5.41) is 22.7. The fourth-order valence-electron chi connectivity index (χ4n) is 4.32. The lowest BCUT2D eigenvalue weighted by molar-refractivity contribution is -0.697. The molecule has 0 fully saturated rings. The highest BCUT2D eigenvalue weighted by Crippen LogP contribution is 2.17. The van der Waals surface area contributed by atoms with Crippen molar-refractivity contribution >= 4 is 5.91 Å². The molecule has 1 aromatic carbocycles. The predicted octanol–water partition coefficient (Wildman–Crippen LogP) is 5.26. The maximum Gasteiger partial charge on any atom is 0.220 e. The van der Waals surface area contributed by atoms with Crippen LogP contribution in [0.1, 0.15) is 95.1 Å². The second-order valence-corrected chi connectivity index (χ2v) is 9.32. The first-order valence-electron chi connectivity index (χ1n) is 13.3. The van der Waals surface area contributed by atoms with E-state index in [-0.39, 0.29) is 12.5 Å². The molecule has 0 saturated heterocycles. The van der Waals surface area contributed by atoms with Crippen LogP contribution in [-0.4, -0.2) is 28.8 Å². The molecule has 3 N–H and O–H groups in total. The molecule has 0 unspecified atom stereocenters. The molecule has 1 heterocycles. The molecule has 5 heteroatoms. The lowest BCUT2D eigenvalue weighted by atomic mass is 10.0. The minimum atomic E-state index is -0.900. The standard InChI is InChI=1S/C29H44N2O3/c32-25-27(29(34)26-19-13-11-14-20-26)30-28(33)21-15-9-7-5-3-1-2-4-6-8-10-16-22-31-23-17-12-18-24-31/h11-14,17-20,23-24,27,29,32,34H,1-10,15-16,21-22,25H2/p+1/t27-,29+/m1/s1. The summed E-state index contributed by atoms with van der Waals surface area (Å²) in [5.41, 5.74) is 0.698. The van der Waals surface area contributed by atoms with Gasteiger partial charge < -0.3 is 15.5 Å². The third-order valence-corrected chi connectivity index (χ3v) is 6.41. The molecule has 188 valence electrons. The Labute approximate surface area is 206 Å². The molecular formula is C29H45N2O3+. The van der Waals surface area contributed by atoms with Crippen LogP contribution in [0.2, 0.25) is 0 Å². The van der Waals surface area contributed by atoms with Crippen LogP contribution in [0.3, 0.4) is 0 Å². The highest BCUT2D eigenvalue weighted by molar-refractivity contribution is 5.76. The number of unbranched alkanes of at least 4 members (excludes halogenated alkanes) is 11. The quantitative estimate of drug-likeness (QED) is 0.194. The van der Waals surface area contributed by atoms with E-state index in [1.54, 1.807) is 12.1 Å². The van der Waals surface area contributed by atoms with Crippen LogP contribution in [0.25, 0.3) is 0 Å². The van der Waals surface area contributed by atoms with Gasteiger partial charge in [0.15, 0.2) is 12.4 Å². The second kappa shape index (κ2) is 18.1. The summed E-state index contributed by atoms with van der Waals surface area (Å²) in [6, 6.07) is 14.7. The van der Waals surface area contributed by atoms with E-state index in [1.165, 1.54) is 64.2 Å². The monoisotopic (exact) mass is 469 g/mol. The first kappa shape index (κ1) is 28.0. The number of aliphatic hydroxyl groups is 2. The Kier molecular flexibility index (Phi) is 14.9. The number of pyridine rings is 1. The number of aryl methyl sites for hydroxylation is 1. The number of hydrogen-bond donors (Lipinski definition) is 3. The number of aliphatic hydroxyl groups excluding tert-OH is 2. The molecule has 0 radical (unpaired) electrons. The summed E-state index contributed by atoms with van der Waals surface area (Å²) in [6.45, 7) is 0.842. The van der Waals surface area contributed by atoms with Gasteiger partial charge in [0.1, 0.15) is 12.6 Å². The number of nitrogens with one attached hydrogen (secondary N) is 1. The number of hydrogen-bond acceptors (Lipinski definition) is 3. The highest BCUT2D eigenvalue weighted by Gasteiger charge is 2.21. The fourth-order valence-corrected chi connectivity index (χ4v) is 4.32. The van der Waals surface area contributed by atoms with Crippen LogP contribution in [0.15, 0.2) is 60.9 Å². The summed E-state index contributed by atoms with van der Waals surface area (Å²) in [7, 11) is 0. The first-order valence-corrected chi connectivity index (χ1v) is 13.3. The van der Waals surface area contributed by atoms with E-state index in [1.807, 2.05) is 18.2 Å². The number of nitrogens with zero attached hydrogens (tertiary/aromatic N) is 1. The van der Waals surface area contributed by atoms with Gasteiger partial charge in [-0.2, -0.15) is 0 Å². The van der Waals surface area contributed by atoms with E-state index in [4.69, 9.17) is 0 Å². The number of carbonyl (C=O) groups is 1. The van der Waals surface area contributed by atoms with Gasteiger partial charge in [0.25, 0.3) is 0 Å². The van der Waals surface area contributed by atoms with Gasteiger partial charge in [0, 0.05) is 25.0 Å². The molecule has 0 saturated carbocycles. The van der Waals surface area contributed by atoms with E-state index in [0.29, 0.717) is 12.0 Å². The number of aromatic nitrogens is 1. The van der Waals surface area contributed by atoms with Crippen molar-refractivity contribution in [2.24, 2.45) is 0 Å². The van der Waals surface area contributed by atoms with Crippen LogP contribution in [0.5, 0.6) is 0 Å². The fraction of sp³-hybridized carbons (Fsp3) is 0.586. The maximum atomic E-state index is 12.2. The van der Waals surface area contributed by atoms with Crippen molar-refractivity contribution < 1.29 is 19.6 Å². The number of rotatable bonds is 19. The van der Waals surface area contributed by atoms with E-state index >= 15 is 0 Å². The van der Waals surface area contributed by atoms with Crippen molar-refractivity contribution in [1.82, 2.24) is 5.32 Å². The van der Waals surface area contributed by atoms with Crippen molar-refractivity contribution in [1.29, 1.82) is 0 Å². The summed E-state index contributed by atoms with van der Waals surface area (Å²) in [6.07, 6.45) is 18.7. The molecule has 2 atom stereocenters. The van der Waals surface area contributed by atoms with Crippen LogP contribution < -0.4 is 9.88 Å². The average Bonchev–Trinajstić information content (AvgIpc) is 2.88. The highest BCUT2D eigenvalue weighted by atomic mass is 16.3. The van der Waals surface area contributed by atoms with E-state index in [2.05, 4.69) is 40.5 Å². The average molecular weight is 470 g/mol. The third kappa shape index (κ3) is 12.3. The van der Waals surface area contributed by atoms with Crippen molar-refractivity contribution in [3.63, 3.8) is 0 Å².